The van der Waals surface area contributed by atoms with E-state index in [1.165, 1.54) is 0 Å². The number of rotatable bonds is 8. The number of halogens is 1. The smallest absolute Gasteiger partial charge is 0.404 e. The van der Waals surface area contributed by atoms with Crippen molar-refractivity contribution in [1.82, 2.24) is 10.8 Å². The molecule has 0 aliphatic heterocycles. The first-order valence-corrected chi connectivity index (χ1v) is 11.4. The van der Waals surface area contributed by atoms with Gasteiger partial charge in [-0.05, 0) is 28.8 Å². The van der Waals surface area contributed by atoms with Gasteiger partial charge in [-0.1, -0.05) is 50.8 Å². The van der Waals surface area contributed by atoms with Crippen molar-refractivity contribution >= 4 is 31.5 Å². The fourth-order valence-electron chi connectivity index (χ4n) is 1.63. The van der Waals surface area contributed by atoms with Gasteiger partial charge in [0.2, 0.25) is 0 Å². The van der Waals surface area contributed by atoms with Gasteiger partial charge in [-0.2, -0.15) is 0 Å². The second-order valence-corrected chi connectivity index (χ2v) is 12.7. The summed E-state index contributed by atoms with van der Waals surface area (Å²) in [5.74, 6) is 0. The Morgan fingerprint density at radius 3 is 2.65 bits per heavy atom. The topological polar surface area (TPSA) is 70.6 Å². The Balaban J connectivity index is 2.62. The highest BCUT2D eigenvalue weighted by atomic mass is 35.5. The number of hydrogen-bond acceptors (Lipinski definition) is 3. The van der Waals surface area contributed by atoms with Gasteiger partial charge in [0.15, 0.2) is 0 Å². The zero-order valence-electron chi connectivity index (χ0n) is 14.1. The van der Waals surface area contributed by atoms with Crippen molar-refractivity contribution in [2.75, 3.05) is 6.61 Å². The van der Waals surface area contributed by atoms with Crippen LogP contribution < -0.4 is 10.8 Å². The van der Waals surface area contributed by atoms with E-state index in [0.717, 1.165) is 5.56 Å². The minimum absolute atomic E-state index is 0.142. The molecular formula is C16H25ClN2O3Si. The van der Waals surface area contributed by atoms with Gasteiger partial charge < -0.3 is 10.4 Å². The van der Waals surface area contributed by atoms with E-state index in [1.807, 2.05) is 6.07 Å². The van der Waals surface area contributed by atoms with Crippen LogP contribution in [-0.4, -0.2) is 25.9 Å². The lowest BCUT2D eigenvalue weighted by molar-refractivity contribution is 0.0781. The van der Waals surface area contributed by atoms with Crippen molar-refractivity contribution in [3.05, 3.63) is 40.9 Å². The molecule has 0 heterocycles. The summed E-state index contributed by atoms with van der Waals surface area (Å²) in [4.78, 5) is 16.1. The maximum atomic E-state index is 10.6. The summed E-state index contributed by atoms with van der Waals surface area (Å²) < 4.78 is 0. The van der Waals surface area contributed by atoms with Gasteiger partial charge in [-0.15, -0.1) is 0 Å². The summed E-state index contributed by atoms with van der Waals surface area (Å²) >= 11 is 6.07. The third-order valence-corrected chi connectivity index (χ3v) is 7.32. The highest BCUT2D eigenvalue weighted by Crippen LogP contribution is 2.22. The lowest BCUT2D eigenvalue weighted by Gasteiger charge is -2.25. The molecule has 0 saturated heterocycles. The van der Waals surface area contributed by atoms with Crippen molar-refractivity contribution in [3.63, 3.8) is 0 Å². The van der Waals surface area contributed by atoms with Crippen molar-refractivity contribution in [2.45, 2.75) is 38.7 Å². The van der Waals surface area contributed by atoms with Gasteiger partial charge in [0.1, 0.15) is 0 Å². The van der Waals surface area contributed by atoms with Crippen LogP contribution >= 0.6 is 11.6 Å². The summed E-state index contributed by atoms with van der Waals surface area (Å²) in [5.41, 5.74) is 5.48. The third kappa shape index (κ3) is 6.64. The van der Waals surface area contributed by atoms with Crippen molar-refractivity contribution in [3.8, 4) is 0 Å². The maximum absolute atomic E-state index is 10.6. The van der Waals surface area contributed by atoms with Gasteiger partial charge in [-0.25, -0.2) is 4.79 Å². The lowest BCUT2D eigenvalue weighted by Crippen LogP contribution is -2.31. The van der Waals surface area contributed by atoms with Gasteiger partial charge >= 0.3 is 6.09 Å². The molecule has 1 rings (SSSR count). The molecule has 0 aromatic heterocycles. The second kappa shape index (κ2) is 8.38. The quantitative estimate of drug-likeness (QED) is 0.479. The molecule has 0 spiro atoms. The van der Waals surface area contributed by atoms with E-state index in [1.54, 1.807) is 12.1 Å². The van der Waals surface area contributed by atoms with E-state index < -0.39 is 14.2 Å². The minimum atomic E-state index is -1.23. The van der Waals surface area contributed by atoms with Crippen LogP contribution in [0.2, 0.25) is 30.2 Å². The summed E-state index contributed by atoms with van der Waals surface area (Å²) in [7, 11) is -1.23. The Hall–Kier alpha value is -1.50. The van der Waals surface area contributed by atoms with E-state index in [2.05, 4.69) is 43.9 Å². The van der Waals surface area contributed by atoms with Crippen LogP contribution in [0.5, 0.6) is 0 Å². The minimum Gasteiger partial charge on any atom is -0.465 e. The molecule has 0 aliphatic rings. The fraction of sp³-hybridized carbons (Fsp3) is 0.438. The molecule has 0 radical (unpaired) electrons. The van der Waals surface area contributed by atoms with Crippen molar-refractivity contribution in [2.24, 2.45) is 0 Å². The van der Waals surface area contributed by atoms with E-state index in [4.69, 9.17) is 21.5 Å². The summed E-state index contributed by atoms with van der Waals surface area (Å²) in [6.45, 7) is 13.8. The molecule has 1 aromatic rings. The number of carbonyl (C=O) groups is 1. The largest absolute Gasteiger partial charge is 0.465 e. The predicted molar refractivity (Wildman–Crippen MR) is 97.2 cm³/mol. The van der Waals surface area contributed by atoms with Gasteiger partial charge in [0.25, 0.3) is 0 Å². The normalized spacial score (nSPS) is 12.6. The van der Waals surface area contributed by atoms with Crippen LogP contribution in [0, 0.1) is 0 Å². The average molecular weight is 357 g/mol. The first kappa shape index (κ1) is 19.5. The molecule has 1 atom stereocenters. The Morgan fingerprint density at radius 1 is 1.43 bits per heavy atom. The fourth-order valence-corrected chi connectivity index (χ4v) is 2.40. The maximum Gasteiger partial charge on any atom is 0.404 e. The van der Waals surface area contributed by atoms with E-state index in [9.17, 15) is 4.79 Å². The number of nitrogens with one attached hydrogen (secondary N) is 2. The molecule has 0 saturated carbocycles. The number of hydrogen-bond donors (Lipinski definition) is 3. The van der Waals surface area contributed by atoms with Crippen molar-refractivity contribution < 1.29 is 14.7 Å². The van der Waals surface area contributed by atoms with Gasteiger partial charge in [0.05, 0.1) is 12.3 Å². The summed E-state index contributed by atoms with van der Waals surface area (Å²) in [6, 6.07) is 5.32. The van der Waals surface area contributed by atoms with Crippen LogP contribution in [-0.2, 0) is 11.4 Å². The van der Waals surface area contributed by atoms with E-state index in [0.29, 0.717) is 28.4 Å². The molecule has 3 N–H and O–H groups in total. The highest BCUT2D eigenvalue weighted by molar-refractivity contribution is 6.77. The van der Waals surface area contributed by atoms with Crippen molar-refractivity contribution in [1.29, 1.82) is 0 Å². The zero-order valence-corrected chi connectivity index (χ0v) is 15.8. The number of carboxylic acid groups (broad SMARTS) is 1. The molecule has 23 heavy (non-hydrogen) atoms. The van der Waals surface area contributed by atoms with Gasteiger partial charge in [0, 0.05) is 19.6 Å². The molecule has 7 heteroatoms. The number of amides is 1. The molecule has 0 bridgehead atoms. The molecule has 1 aromatic carbocycles. The van der Waals surface area contributed by atoms with E-state index in [-0.39, 0.29) is 6.54 Å². The second-order valence-electron chi connectivity index (χ2n) is 6.62. The standard InChI is InChI=1S/C16H25ClN2O3Si/c1-11(23(3,4)5)10-22-19-12(2)13-6-7-15(17)14(8-13)9-18-16(20)21/h6-8,11,18-19H,2,9-10H2,1,3-5H3,(H,20,21). The predicted octanol–water partition coefficient (Wildman–Crippen LogP) is 4.33. The summed E-state index contributed by atoms with van der Waals surface area (Å²) in [5, 5.41) is 11.5. The SMILES string of the molecule is C=C(NOCC(C)[Si](C)(C)C)c1ccc(Cl)c(CNC(=O)O)c1. The highest BCUT2D eigenvalue weighted by Gasteiger charge is 2.22. The molecule has 0 aliphatic carbocycles. The van der Waals surface area contributed by atoms with Gasteiger partial charge in [-0.3, -0.25) is 10.3 Å². The Labute approximate surface area is 143 Å². The molecular weight excluding hydrogens is 332 g/mol. The Kier molecular flexibility index (Phi) is 7.12. The van der Waals surface area contributed by atoms with Crippen LogP contribution in [0.15, 0.2) is 24.8 Å². The first-order chi connectivity index (χ1) is 10.6. The van der Waals surface area contributed by atoms with Crippen LogP contribution in [0.3, 0.4) is 0 Å². The molecule has 5 nitrogen and oxygen atoms in total. The molecule has 1 amide bonds. The number of hydroxylamine groups is 1. The van der Waals surface area contributed by atoms with Crippen LogP contribution in [0.4, 0.5) is 4.79 Å². The summed E-state index contributed by atoms with van der Waals surface area (Å²) in [6.07, 6.45) is -1.09. The first-order valence-electron chi connectivity index (χ1n) is 7.43. The monoisotopic (exact) mass is 356 g/mol. The average Bonchev–Trinajstić information content (AvgIpc) is 2.44. The molecule has 0 fully saturated rings. The molecule has 128 valence electrons. The van der Waals surface area contributed by atoms with E-state index >= 15 is 0 Å². The Bertz CT molecular complexity index is 573. The third-order valence-electron chi connectivity index (χ3n) is 3.83. The van der Waals surface area contributed by atoms with Crippen LogP contribution in [0.25, 0.3) is 5.70 Å². The molecule has 1 unspecified atom stereocenters. The Morgan fingerprint density at radius 2 is 2.09 bits per heavy atom. The lowest BCUT2D eigenvalue weighted by atomic mass is 10.1. The zero-order chi connectivity index (χ0) is 17.6. The van der Waals surface area contributed by atoms with Crippen LogP contribution in [0.1, 0.15) is 18.1 Å². The number of benzene rings is 1.